The summed E-state index contributed by atoms with van der Waals surface area (Å²) in [6.07, 6.45) is 0. The molecule has 0 radical (unpaired) electrons. The molecule has 0 fully saturated rings. The number of carbonyl (C=O) groups is 2. The first kappa shape index (κ1) is 14.9. The van der Waals surface area contributed by atoms with Crippen molar-refractivity contribution in [1.29, 1.82) is 0 Å². The van der Waals surface area contributed by atoms with Gasteiger partial charge in [0.1, 0.15) is 5.92 Å². The number of amides is 1. The Labute approximate surface area is 96.1 Å². The topological polar surface area (TPSA) is 77.8 Å². The van der Waals surface area contributed by atoms with E-state index < -0.39 is 23.2 Å². The number of likely N-dealkylation sites (N-methyl/N-ethyl adjacent to an activating group) is 1. The zero-order valence-corrected chi connectivity index (χ0v) is 10.4. The van der Waals surface area contributed by atoms with Gasteiger partial charge >= 0.3 is 5.97 Å². The van der Waals surface area contributed by atoms with Gasteiger partial charge < -0.3 is 15.1 Å². The van der Waals surface area contributed by atoms with Crippen molar-refractivity contribution in [2.75, 3.05) is 19.7 Å². The number of aliphatic hydroxyl groups excluding tert-OH is 1. The summed E-state index contributed by atoms with van der Waals surface area (Å²) in [6.45, 7) is 7.34. The summed E-state index contributed by atoms with van der Waals surface area (Å²) < 4.78 is 0. The van der Waals surface area contributed by atoms with Crippen LogP contribution in [0.5, 0.6) is 0 Å². The molecule has 0 aromatic carbocycles. The van der Waals surface area contributed by atoms with Crippen molar-refractivity contribution in [3.63, 3.8) is 0 Å². The minimum absolute atomic E-state index is 0.157. The van der Waals surface area contributed by atoms with Crippen LogP contribution in [0.15, 0.2) is 0 Å². The fraction of sp³-hybridized carbons (Fsp3) is 0.818. The van der Waals surface area contributed by atoms with E-state index in [1.165, 1.54) is 4.90 Å². The van der Waals surface area contributed by atoms with Gasteiger partial charge in [-0.1, -0.05) is 20.8 Å². The summed E-state index contributed by atoms with van der Waals surface area (Å²) in [5.41, 5.74) is -0.633. The van der Waals surface area contributed by atoms with Crippen LogP contribution in [0.1, 0.15) is 27.7 Å². The molecule has 16 heavy (non-hydrogen) atoms. The molecule has 1 amide bonds. The van der Waals surface area contributed by atoms with E-state index in [-0.39, 0.29) is 13.2 Å². The number of carboxylic acids is 1. The van der Waals surface area contributed by atoms with Crippen LogP contribution in [0.2, 0.25) is 0 Å². The number of hydrogen-bond donors (Lipinski definition) is 2. The molecule has 0 aromatic rings. The van der Waals surface area contributed by atoms with E-state index in [4.69, 9.17) is 10.2 Å². The van der Waals surface area contributed by atoms with Crippen LogP contribution >= 0.6 is 0 Å². The zero-order chi connectivity index (χ0) is 12.9. The van der Waals surface area contributed by atoms with Crippen molar-refractivity contribution in [3.8, 4) is 0 Å². The van der Waals surface area contributed by atoms with E-state index in [2.05, 4.69) is 0 Å². The first-order valence-corrected chi connectivity index (χ1v) is 5.38. The van der Waals surface area contributed by atoms with Gasteiger partial charge in [0.05, 0.1) is 6.61 Å². The predicted molar refractivity (Wildman–Crippen MR) is 59.9 cm³/mol. The Morgan fingerprint density at radius 2 is 1.81 bits per heavy atom. The normalized spacial score (nSPS) is 13.3. The third-order valence-corrected chi connectivity index (χ3v) is 2.42. The molecule has 94 valence electrons. The number of carbonyl (C=O) groups excluding carboxylic acids is 1. The number of carboxylic acid groups (broad SMARTS) is 1. The molecule has 2 N–H and O–H groups in total. The third kappa shape index (κ3) is 3.81. The van der Waals surface area contributed by atoms with Gasteiger partial charge in [-0.15, -0.1) is 0 Å². The minimum atomic E-state index is -1.12. The Kier molecular flexibility index (Phi) is 5.44. The van der Waals surface area contributed by atoms with E-state index in [0.29, 0.717) is 6.54 Å². The number of hydrogen-bond acceptors (Lipinski definition) is 3. The molecule has 1 unspecified atom stereocenters. The Balaban J connectivity index is 4.94. The van der Waals surface area contributed by atoms with E-state index >= 15 is 0 Å². The zero-order valence-electron chi connectivity index (χ0n) is 10.4. The van der Waals surface area contributed by atoms with Crippen molar-refractivity contribution < 1.29 is 19.8 Å². The van der Waals surface area contributed by atoms with E-state index in [1.54, 1.807) is 27.7 Å². The van der Waals surface area contributed by atoms with Gasteiger partial charge in [0.25, 0.3) is 0 Å². The maximum atomic E-state index is 12.0. The number of rotatable bonds is 5. The van der Waals surface area contributed by atoms with Crippen LogP contribution in [0, 0.1) is 11.3 Å². The van der Waals surface area contributed by atoms with Gasteiger partial charge in [-0.25, -0.2) is 0 Å². The Hall–Kier alpha value is -1.10. The van der Waals surface area contributed by atoms with Crippen LogP contribution in [-0.4, -0.2) is 46.7 Å². The molecule has 1 atom stereocenters. The quantitative estimate of drug-likeness (QED) is 0.678. The molecule has 0 spiro atoms. The molecular weight excluding hydrogens is 210 g/mol. The second-order valence-corrected chi connectivity index (χ2v) is 4.78. The maximum absolute atomic E-state index is 12.0. The van der Waals surface area contributed by atoms with Gasteiger partial charge in [-0.05, 0) is 12.3 Å². The molecule has 0 saturated heterocycles. The first-order chi connectivity index (χ1) is 7.25. The maximum Gasteiger partial charge on any atom is 0.316 e. The molecule has 0 saturated carbocycles. The smallest absolute Gasteiger partial charge is 0.316 e. The van der Waals surface area contributed by atoms with E-state index in [1.807, 2.05) is 0 Å². The van der Waals surface area contributed by atoms with Crippen LogP contribution in [0.3, 0.4) is 0 Å². The SMILES string of the molecule is CCN(CCO)C(=O)C(C(=O)O)C(C)(C)C. The van der Waals surface area contributed by atoms with E-state index in [9.17, 15) is 9.59 Å². The minimum Gasteiger partial charge on any atom is -0.481 e. The third-order valence-electron chi connectivity index (χ3n) is 2.42. The number of aliphatic carboxylic acids is 1. The Morgan fingerprint density at radius 1 is 1.31 bits per heavy atom. The average molecular weight is 231 g/mol. The van der Waals surface area contributed by atoms with Crippen molar-refractivity contribution in [2.45, 2.75) is 27.7 Å². The van der Waals surface area contributed by atoms with Gasteiger partial charge in [0.2, 0.25) is 5.91 Å². The lowest BCUT2D eigenvalue weighted by Crippen LogP contribution is -2.46. The van der Waals surface area contributed by atoms with Gasteiger partial charge in [0, 0.05) is 13.1 Å². The highest BCUT2D eigenvalue weighted by Gasteiger charge is 2.39. The average Bonchev–Trinajstić information content (AvgIpc) is 2.10. The van der Waals surface area contributed by atoms with E-state index in [0.717, 1.165) is 0 Å². The molecule has 0 aliphatic heterocycles. The fourth-order valence-corrected chi connectivity index (χ4v) is 1.57. The largest absolute Gasteiger partial charge is 0.481 e. The number of aliphatic hydroxyl groups is 1. The molecule has 0 rings (SSSR count). The second-order valence-electron chi connectivity index (χ2n) is 4.78. The van der Waals surface area contributed by atoms with Gasteiger partial charge in [-0.2, -0.15) is 0 Å². The molecule has 0 aliphatic rings. The molecule has 5 heteroatoms. The summed E-state index contributed by atoms with van der Waals surface area (Å²) in [7, 11) is 0. The predicted octanol–water partition coefficient (Wildman–Crippen LogP) is 0.574. The van der Waals surface area contributed by atoms with Crippen LogP contribution in [0.4, 0.5) is 0 Å². The molecule has 0 bridgehead atoms. The monoisotopic (exact) mass is 231 g/mol. The van der Waals surface area contributed by atoms with Gasteiger partial charge in [-0.3, -0.25) is 9.59 Å². The lowest BCUT2D eigenvalue weighted by Gasteiger charge is -2.31. The Morgan fingerprint density at radius 3 is 2.06 bits per heavy atom. The summed E-state index contributed by atoms with van der Waals surface area (Å²) in [4.78, 5) is 24.5. The lowest BCUT2D eigenvalue weighted by molar-refractivity contribution is -0.156. The summed E-state index contributed by atoms with van der Waals surface area (Å²) in [6, 6.07) is 0. The standard InChI is InChI=1S/C11H21NO4/c1-5-12(6-7-13)9(14)8(10(15)16)11(2,3)4/h8,13H,5-7H2,1-4H3,(H,15,16). The second kappa shape index (κ2) is 5.84. The summed E-state index contributed by atoms with van der Waals surface area (Å²) in [5.74, 6) is -2.62. The highest BCUT2D eigenvalue weighted by atomic mass is 16.4. The summed E-state index contributed by atoms with van der Waals surface area (Å²) >= 11 is 0. The highest BCUT2D eigenvalue weighted by Crippen LogP contribution is 2.27. The molecule has 0 aromatic heterocycles. The highest BCUT2D eigenvalue weighted by molar-refractivity contribution is 5.97. The van der Waals surface area contributed by atoms with Crippen molar-refractivity contribution >= 4 is 11.9 Å². The van der Waals surface area contributed by atoms with Crippen LogP contribution in [0.25, 0.3) is 0 Å². The summed E-state index contributed by atoms with van der Waals surface area (Å²) in [5, 5.41) is 17.9. The molecule has 0 aliphatic carbocycles. The fourth-order valence-electron chi connectivity index (χ4n) is 1.57. The van der Waals surface area contributed by atoms with Gasteiger partial charge in [0.15, 0.2) is 0 Å². The molecular formula is C11H21NO4. The number of nitrogens with zero attached hydrogens (tertiary/aromatic N) is 1. The molecule has 0 heterocycles. The Bertz CT molecular complexity index is 257. The van der Waals surface area contributed by atoms with Crippen LogP contribution in [-0.2, 0) is 9.59 Å². The van der Waals surface area contributed by atoms with Crippen LogP contribution < -0.4 is 0 Å². The van der Waals surface area contributed by atoms with Crippen molar-refractivity contribution in [3.05, 3.63) is 0 Å². The first-order valence-electron chi connectivity index (χ1n) is 5.38. The van der Waals surface area contributed by atoms with Crippen molar-refractivity contribution in [2.24, 2.45) is 11.3 Å². The van der Waals surface area contributed by atoms with Crippen molar-refractivity contribution in [1.82, 2.24) is 4.90 Å². The molecule has 5 nitrogen and oxygen atoms in total. The lowest BCUT2D eigenvalue weighted by atomic mass is 9.80.